The van der Waals surface area contributed by atoms with Crippen LogP contribution in [0.3, 0.4) is 0 Å². The molecule has 4 rings (SSSR count). The smallest absolute Gasteiger partial charge is 0.252 e. The van der Waals surface area contributed by atoms with Gasteiger partial charge in [-0.2, -0.15) is 0 Å². The molecule has 1 aliphatic carbocycles. The monoisotopic (exact) mass is 483 g/mol. The van der Waals surface area contributed by atoms with Crippen LogP contribution < -0.4 is 4.90 Å². The first-order valence-electron chi connectivity index (χ1n) is 9.43. The van der Waals surface area contributed by atoms with Gasteiger partial charge in [0.05, 0.1) is 10.5 Å². The van der Waals surface area contributed by atoms with E-state index >= 15 is 0 Å². The summed E-state index contributed by atoms with van der Waals surface area (Å²) in [5.41, 5.74) is 2.67. The molecule has 0 amide bonds. The molecule has 2 unspecified atom stereocenters. The third-order valence-electron chi connectivity index (χ3n) is 5.78. The Balaban J connectivity index is 1.73. The van der Waals surface area contributed by atoms with Gasteiger partial charge in [0.25, 0.3) is 5.92 Å². The van der Waals surface area contributed by atoms with Crippen molar-refractivity contribution in [2.24, 2.45) is 5.92 Å². The molecule has 1 fully saturated rings. The Morgan fingerprint density at radius 1 is 1.07 bits per heavy atom. The van der Waals surface area contributed by atoms with Crippen LogP contribution in [0.5, 0.6) is 0 Å². The van der Waals surface area contributed by atoms with Gasteiger partial charge in [0.15, 0.2) is 5.72 Å². The van der Waals surface area contributed by atoms with Gasteiger partial charge in [-0.15, -0.1) is 0 Å². The summed E-state index contributed by atoms with van der Waals surface area (Å²) in [7, 11) is 0. The Bertz CT molecular complexity index is 805. The van der Waals surface area contributed by atoms with Crippen molar-refractivity contribution in [1.82, 2.24) is 0 Å². The fourth-order valence-electron chi connectivity index (χ4n) is 4.40. The molecular weight excluding hydrogens is 459 g/mol. The van der Waals surface area contributed by atoms with Crippen LogP contribution in [0.1, 0.15) is 41.7 Å². The van der Waals surface area contributed by atoms with Crippen LogP contribution in [0, 0.1) is 5.92 Å². The van der Waals surface area contributed by atoms with E-state index in [-0.39, 0.29) is 28.7 Å². The highest BCUT2D eigenvalue weighted by Crippen LogP contribution is 2.59. The van der Waals surface area contributed by atoms with E-state index in [4.69, 9.17) is 4.74 Å². The fourth-order valence-corrected chi connectivity index (χ4v) is 6.13. The molecule has 0 radical (unpaired) electrons. The standard InChI is InChI=1S/C22H24F2INO/c1-15(2)22(27-14-16-8-4-3-5-9-16)20(25)18-10-6-7-11-19(18)26(22)17-12-21(23,24)13-17/h3-11,15,17,20H,12-14H2,1-2H3. The van der Waals surface area contributed by atoms with Gasteiger partial charge in [-0.1, -0.05) is 85.0 Å². The molecule has 0 N–H and O–H groups in total. The Kier molecular flexibility index (Phi) is 4.95. The van der Waals surface area contributed by atoms with Crippen LogP contribution in [0.15, 0.2) is 54.6 Å². The third kappa shape index (κ3) is 3.16. The molecule has 2 atom stereocenters. The van der Waals surface area contributed by atoms with Crippen molar-refractivity contribution >= 4 is 28.3 Å². The van der Waals surface area contributed by atoms with E-state index in [1.54, 1.807) is 0 Å². The quantitative estimate of drug-likeness (QED) is 0.363. The molecule has 2 aromatic carbocycles. The summed E-state index contributed by atoms with van der Waals surface area (Å²) in [6.07, 6.45) is -0.207. The second kappa shape index (κ2) is 6.99. The van der Waals surface area contributed by atoms with Gasteiger partial charge in [-0.25, -0.2) is 8.78 Å². The van der Waals surface area contributed by atoms with Crippen LogP contribution in [0.4, 0.5) is 14.5 Å². The zero-order chi connectivity index (χ0) is 19.2. The predicted molar refractivity (Wildman–Crippen MR) is 112 cm³/mol. The number of fused-ring (bicyclic) bond motifs is 1. The van der Waals surface area contributed by atoms with E-state index in [0.717, 1.165) is 11.3 Å². The molecular formula is C22H24F2INO. The van der Waals surface area contributed by atoms with Crippen molar-refractivity contribution in [1.29, 1.82) is 0 Å². The number of nitrogens with zero attached hydrogens (tertiary/aromatic N) is 1. The Morgan fingerprint density at radius 2 is 1.70 bits per heavy atom. The van der Waals surface area contributed by atoms with E-state index in [9.17, 15) is 8.78 Å². The Morgan fingerprint density at radius 3 is 2.33 bits per heavy atom. The maximum Gasteiger partial charge on any atom is 0.252 e. The van der Waals surface area contributed by atoms with Crippen molar-refractivity contribution < 1.29 is 13.5 Å². The van der Waals surface area contributed by atoms with Gasteiger partial charge in [-0.3, -0.25) is 0 Å². The van der Waals surface area contributed by atoms with Gasteiger partial charge in [-0.05, 0) is 17.2 Å². The van der Waals surface area contributed by atoms with Gasteiger partial charge < -0.3 is 9.64 Å². The third-order valence-corrected chi connectivity index (χ3v) is 7.35. The number of hydrogen-bond donors (Lipinski definition) is 0. The predicted octanol–water partition coefficient (Wildman–Crippen LogP) is 6.35. The highest BCUT2D eigenvalue weighted by molar-refractivity contribution is 14.1. The molecule has 144 valence electrons. The lowest BCUT2D eigenvalue weighted by Gasteiger charge is -2.52. The van der Waals surface area contributed by atoms with Crippen LogP contribution in [-0.4, -0.2) is 17.7 Å². The number of rotatable bonds is 5. The lowest BCUT2D eigenvalue weighted by molar-refractivity contribution is -0.128. The number of alkyl halides is 3. The van der Waals surface area contributed by atoms with Crippen LogP contribution in [0.25, 0.3) is 0 Å². The second-order valence-electron chi connectivity index (χ2n) is 7.89. The molecule has 0 spiro atoms. The molecule has 2 nitrogen and oxygen atoms in total. The number of ether oxygens (including phenoxy) is 1. The van der Waals surface area contributed by atoms with Crippen molar-refractivity contribution in [3.8, 4) is 0 Å². The van der Waals surface area contributed by atoms with Crippen LogP contribution in [0.2, 0.25) is 0 Å². The summed E-state index contributed by atoms with van der Waals surface area (Å²) in [6.45, 7) is 4.73. The van der Waals surface area contributed by atoms with Crippen LogP contribution in [-0.2, 0) is 11.3 Å². The number of anilines is 1. The van der Waals surface area contributed by atoms with Crippen molar-refractivity contribution in [2.45, 2.75) is 54.9 Å². The Labute approximate surface area is 173 Å². The Hall–Kier alpha value is -1.21. The average molecular weight is 483 g/mol. The highest BCUT2D eigenvalue weighted by atomic mass is 127. The first-order valence-corrected chi connectivity index (χ1v) is 10.7. The topological polar surface area (TPSA) is 12.5 Å². The molecule has 1 saturated carbocycles. The maximum atomic E-state index is 13.7. The van der Waals surface area contributed by atoms with Gasteiger partial charge in [0.2, 0.25) is 0 Å². The summed E-state index contributed by atoms with van der Waals surface area (Å²) >= 11 is 2.44. The summed E-state index contributed by atoms with van der Waals surface area (Å²) in [5.74, 6) is -2.42. The van der Waals surface area contributed by atoms with E-state index in [2.05, 4.69) is 47.4 Å². The number of hydrogen-bond acceptors (Lipinski definition) is 2. The minimum absolute atomic E-state index is 0.0734. The van der Waals surface area contributed by atoms with Crippen molar-refractivity contribution in [3.05, 3.63) is 65.7 Å². The average Bonchev–Trinajstić information content (AvgIpc) is 2.88. The number of halogens is 3. The first kappa shape index (κ1) is 19.1. The lowest BCUT2D eigenvalue weighted by atomic mass is 9.83. The fraction of sp³-hybridized carbons (Fsp3) is 0.455. The molecule has 1 heterocycles. The highest BCUT2D eigenvalue weighted by Gasteiger charge is 2.60. The lowest BCUT2D eigenvalue weighted by Crippen LogP contribution is -2.63. The van der Waals surface area contributed by atoms with E-state index in [1.807, 2.05) is 48.5 Å². The summed E-state index contributed by atoms with van der Waals surface area (Å²) < 4.78 is 34.2. The van der Waals surface area contributed by atoms with E-state index in [1.165, 1.54) is 5.56 Å². The van der Waals surface area contributed by atoms with Crippen LogP contribution >= 0.6 is 22.6 Å². The molecule has 27 heavy (non-hydrogen) atoms. The SMILES string of the molecule is CC(C)C1(OCc2ccccc2)C(I)c2ccccc2N1C1CC(F)(F)C1. The van der Waals surface area contributed by atoms with E-state index < -0.39 is 11.6 Å². The molecule has 2 aromatic rings. The zero-order valence-corrected chi connectivity index (χ0v) is 17.7. The minimum Gasteiger partial charge on any atom is -0.349 e. The normalized spacial score (nSPS) is 26.9. The zero-order valence-electron chi connectivity index (χ0n) is 15.5. The largest absolute Gasteiger partial charge is 0.349 e. The minimum atomic E-state index is -2.56. The number of para-hydroxylation sites is 1. The molecule has 0 bridgehead atoms. The van der Waals surface area contributed by atoms with Crippen molar-refractivity contribution in [3.63, 3.8) is 0 Å². The second-order valence-corrected chi connectivity index (χ2v) is 9.14. The molecule has 5 heteroatoms. The molecule has 2 aliphatic rings. The summed E-state index contributed by atoms with van der Waals surface area (Å²) in [5, 5.41) is 0. The summed E-state index contributed by atoms with van der Waals surface area (Å²) in [6, 6.07) is 18.0. The van der Waals surface area contributed by atoms with Crippen molar-refractivity contribution in [2.75, 3.05) is 4.90 Å². The first-order chi connectivity index (χ1) is 12.8. The number of benzene rings is 2. The molecule has 1 aliphatic heterocycles. The maximum absolute atomic E-state index is 13.7. The molecule has 0 saturated heterocycles. The van der Waals surface area contributed by atoms with Gasteiger partial charge in [0, 0.05) is 30.5 Å². The van der Waals surface area contributed by atoms with Gasteiger partial charge in [0.1, 0.15) is 0 Å². The van der Waals surface area contributed by atoms with E-state index in [0.29, 0.717) is 6.61 Å². The molecule has 0 aromatic heterocycles. The summed E-state index contributed by atoms with van der Waals surface area (Å²) in [4.78, 5) is 2.17. The van der Waals surface area contributed by atoms with Gasteiger partial charge >= 0.3 is 0 Å².